The molecule has 2 unspecified atom stereocenters. The molecular weight excluding hydrogens is 190 g/mol. The molecule has 1 aliphatic carbocycles. The highest BCUT2D eigenvalue weighted by molar-refractivity contribution is 5.44. The summed E-state index contributed by atoms with van der Waals surface area (Å²) in [5, 5.41) is 0. The molecule has 1 aromatic carbocycles. The van der Waals surface area contributed by atoms with Crippen LogP contribution in [0, 0.1) is 5.92 Å². The highest BCUT2D eigenvalue weighted by Gasteiger charge is 2.53. The molecule has 0 aromatic heterocycles. The third-order valence-electron chi connectivity index (χ3n) is 3.09. The van der Waals surface area contributed by atoms with Crippen molar-refractivity contribution in [2.45, 2.75) is 18.9 Å². The Morgan fingerprint density at radius 3 is 2.87 bits per heavy atom. The molecule has 0 N–H and O–H groups in total. The predicted octanol–water partition coefficient (Wildman–Crippen LogP) is 2.27. The zero-order valence-corrected chi connectivity index (χ0v) is 8.86. The first-order valence-corrected chi connectivity index (χ1v) is 4.96. The summed E-state index contributed by atoms with van der Waals surface area (Å²) < 4.78 is 5.15. The Morgan fingerprint density at radius 2 is 2.33 bits per heavy atom. The zero-order chi connectivity index (χ0) is 10.9. The van der Waals surface area contributed by atoms with Crippen LogP contribution in [0.5, 0.6) is 5.75 Å². The van der Waals surface area contributed by atoms with Crippen molar-refractivity contribution in [3.63, 3.8) is 0 Å². The number of methoxy groups -OCH3 is 1. The smallest absolute Gasteiger partial charge is 0.235 e. The van der Waals surface area contributed by atoms with E-state index in [0.29, 0.717) is 5.92 Å². The summed E-state index contributed by atoms with van der Waals surface area (Å²) in [6, 6.07) is 7.72. The molecule has 78 valence electrons. The van der Waals surface area contributed by atoms with Gasteiger partial charge in [0, 0.05) is 0 Å². The molecule has 0 heterocycles. The van der Waals surface area contributed by atoms with Gasteiger partial charge < -0.3 is 4.74 Å². The lowest BCUT2D eigenvalue weighted by atomic mass is 10.0. The standard InChI is InChI=1S/C12H13NO2/c1-9-7-12(9,13-8-14)10-4-3-5-11(6-10)15-2/h3-6,9H,7H2,1-2H3. The minimum atomic E-state index is -0.337. The summed E-state index contributed by atoms with van der Waals surface area (Å²) in [6.07, 6.45) is 2.58. The zero-order valence-electron chi connectivity index (χ0n) is 8.86. The molecule has 0 bridgehead atoms. The lowest BCUT2D eigenvalue weighted by molar-refractivity contribution is 0.413. The molecule has 2 rings (SSSR count). The van der Waals surface area contributed by atoms with E-state index in [9.17, 15) is 4.79 Å². The van der Waals surface area contributed by atoms with Gasteiger partial charge in [-0.2, -0.15) is 4.99 Å². The van der Waals surface area contributed by atoms with E-state index >= 15 is 0 Å². The summed E-state index contributed by atoms with van der Waals surface area (Å²) in [4.78, 5) is 14.3. The minimum Gasteiger partial charge on any atom is -0.497 e. The van der Waals surface area contributed by atoms with Crippen molar-refractivity contribution in [3.05, 3.63) is 29.8 Å². The molecule has 2 atom stereocenters. The summed E-state index contributed by atoms with van der Waals surface area (Å²) in [5.74, 6) is 1.21. The fraction of sp³-hybridized carbons (Fsp3) is 0.417. The number of benzene rings is 1. The van der Waals surface area contributed by atoms with Gasteiger partial charge in [0.1, 0.15) is 11.3 Å². The van der Waals surface area contributed by atoms with E-state index in [1.807, 2.05) is 24.3 Å². The number of aliphatic imine (C=N–C) groups is 1. The van der Waals surface area contributed by atoms with Gasteiger partial charge >= 0.3 is 0 Å². The first kappa shape index (κ1) is 9.94. The van der Waals surface area contributed by atoms with Crippen molar-refractivity contribution in [3.8, 4) is 5.75 Å². The monoisotopic (exact) mass is 203 g/mol. The van der Waals surface area contributed by atoms with Crippen molar-refractivity contribution in [1.82, 2.24) is 0 Å². The molecule has 0 aliphatic heterocycles. The first-order chi connectivity index (χ1) is 7.23. The minimum absolute atomic E-state index is 0.337. The van der Waals surface area contributed by atoms with Crippen LogP contribution in [0.3, 0.4) is 0 Å². The van der Waals surface area contributed by atoms with Crippen molar-refractivity contribution >= 4 is 6.08 Å². The summed E-state index contributed by atoms with van der Waals surface area (Å²) in [5.41, 5.74) is 0.703. The topological polar surface area (TPSA) is 38.7 Å². The van der Waals surface area contributed by atoms with Gasteiger partial charge in [-0.1, -0.05) is 19.1 Å². The maximum absolute atomic E-state index is 10.4. The lowest BCUT2D eigenvalue weighted by Crippen LogP contribution is -2.05. The second-order valence-corrected chi connectivity index (χ2v) is 3.96. The third-order valence-corrected chi connectivity index (χ3v) is 3.09. The molecule has 1 aromatic rings. The van der Waals surface area contributed by atoms with E-state index in [4.69, 9.17) is 4.74 Å². The molecule has 1 saturated carbocycles. The summed E-state index contributed by atoms with van der Waals surface area (Å²) in [7, 11) is 1.63. The Balaban J connectivity index is 2.40. The number of carbonyl (C=O) groups excluding carboxylic acids is 1. The molecule has 1 aliphatic rings. The number of hydrogen-bond acceptors (Lipinski definition) is 3. The van der Waals surface area contributed by atoms with Crippen molar-refractivity contribution in [1.29, 1.82) is 0 Å². The molecular formula is C12H13NO2. The van der Waals surface area contributed by atoms with Crippen LogP contribution in [0.2, 0.25) is 0 Å². The Hall–Kier alpha value is -1.60. The van der Waals surface area contributed by atoms with Gasteiger partial charge in [-0.15, -0.1) is 0 Å². The Kier molecular flexibility index (Phi) is 2.33. The maximum atomic E-state index is 10.4. The molecule has 3 heteroatoms. The van der Waals surface area contributed by atoms with E-state index in [1.165, 1.54) is 0 Å². The maximum Gasteiger partial charge on any atom is 0.235 e. The van der Waals surface area contributed by atoms with E-state index in [0.717, 1.165) is 17.7 Å². The number of hydrogen-bond donors (Lipinski definition) is 0. The number of ether oxygens (including phenoxy) is 1. The number of rotatable bonds is 3. The molecule has 0 amide bonds. The van der Waals surface area contributed by atoms with Crippen molar-refractivity contribution in [2.24, 2.45) is 10.9 Å². The van der Waals surface area contributed by atoms with Crippen molar-refractivity contribution in [2.75, 3.05) is 7.11 Å². The largest absolute Gasteiger partial charge is 0.497 e. The fourth-order valence-corrected chi connectivity index (χ4v) is 2.00. The average molecular weight is 203 g/mol. The Bertz CT molecular complexity index is 423. The van der Waals surface area contributed by atoms with Gasteiger partial charge in [-0.25, -0.2) is 4.79 Å². The van der Waals surface area contributed by atoms with Gasteiger partial charge in [0.15, 0.2) is 0 Å². The Labute approximate surface area is 88.8 Å². The van der Waals surface area contributed by atoms with Crippen LogP contribution in [-0.2, 0) is 10.3 Å². The molecule has 3 nitrogen and oxygen atoms in total. The van der Waals surface area contributed by atoms with Crippen molar-refractivity contribution < 1.29 is 9.53 Å². The van der Waals surface area contributed by atoms with E-state index in [2.05, 4.69) is 11.9 Å². The normalized spacial score (nSPS) is 28.0. The van der Waals surface area contributed by atoms with Gasteiger partial charge in [-0.3, -0.25) is 0 Å². The SMILES string of the molecule is COc1cccc(C2(N=C=O)CC2C)c1. The van der Waals surface area contributed by atoms with Crippen LogP contribution in [0.4, 0.5) is 0 Å². The second-order valence-electron chi connectivity index (χ2n) is 3.96. The third kappa shape index (κ3) is 1.55. The van der Waals surface area contributed by atoms with E-state index in [-0.39, 0.29) is 5.54 Å². The predicted molar refractivity (Wildman–Crippen MR) is 56.6 cm³/mol. The van der Waals surface area contributed by atoms with Crippen LogP contribution in [0.15, 0.2) is 29.3 Å². The van der Waals surface area contributed by atoms with Gasteiger partial charge in [0.05, 0.1) is 7.11 Å². The van der Waals surface area contributed by atoms with Gasteiger partial charge in [-0.05, 0) is 30.0 Å². The molecule has 0 saturated heterocycles. The second kappa shape index (κ2) is 3.52. The molecule has 1 fully saturated rings. The number of isocyanates is 1. The van der Waals surface area contributed by atoms with Crippen LogP contribution in [0.1, 0.15) is 18.9 Å². The molecule has 0 spiro atoms. The van der Waals surface area contributed by atoms with Crippen LogP contribution in [0.25, 0.3) is 0 Å². The highest BCUT2D eigenvalue weighted by atomic mass is 16.5. The summed E-state index contributed by atoms with van der Waals surface area (Å²) in [6.45, 7) is 2.08. The quantitative estimate of drug-likeness (QED) is 0.558. The Morgan fingerprint density at radius 1 is 1.60 bits per heavy atom. The van der Waals surface area contributed by atoms with Crippen LogP contribution < -0.4 is 4.74 Å². The first-order valence-electron chi connectivity index (χ1n) is 4.96. The molecule has 0 radical (unpaired) electrons. The highest BCUT2D eigenvalue weighted by Crippen LogP contribution is 2.55. The van der Waals surface area contributed by atoms with Crippen LogP contribution in [-0.4, -0.2) is 13.2 Å². The lowest BCUT2D eigenvalue weighted by Gasteiger charge is -2.10. The van der Waals surface area contributed by atoms with Gasteiger partial charge in [0.2, 0.25) is 6.08 Å². The average Bonchev–Trinajstić information content (AvgIpc) is 2.91. The van der Waals surface area contributed by atoms with Crippen LogP contribution >= 0.6 is 0 Å². The summed E-state index contributed by atoms with van der Waals surface area (Å²) >= 11 is 0. The number of nitrogens with zero attached hydrogens (tertiary/aromatic N) is 1. The van der Waals surface area contributed by atoms with Gasteiger partial charge in [0.25, 0.3) is 0 Å². The van der Waals surface area contributed by atoms with E-state index in [1.54, 1.807) is 13.2 Å². The fourth-order valence-electron chi connectivity index (χ4n) is 2.00. The van der Waals surface area contributed by atoms with E-state index < -0.39 is 0 Å². The molecule has 15 heavy (non-hydrogen) atoms.